The quantitative estimate of drug-likeness (QED) is 0.882. The number of nitrogens with zero attached hydrogens (tertiary/aromatic N) is 1. The van der Waals surface area contributed by atoms with E-state index in [1.165, 1.54) is 11.1 Å². The van der Waals surface area contributed by atoms with Crippen LogP contribution >= 0.6 is 0 Å². The van der Waals surface area contributed by atoms with E-state index in [4.69, 9.17) is 9.47 Å². The highest BCUT2D eigenvalue weighted by molar-refractivity contribution is 5.91. The molecule has 2 aromatic carbocycles. The normalized spacial score (nSPS) is 22.2. The van der Waals surface area contributed by atoms with Crippen LogP contribution in [0.2, 0.25) is 0 Å². The molecule has 0 saturated carbocycles. The minimum absolute atomic E-state index is 0.0292. The molecule has 1 amide bonds. The highest BCUT2D eigenvalue weighted by Gasteiger charge is 2.59. The number of fused-ring (bicyclic) bond motifs is 3. The first-order valence-corrected chi connectivity index (χ1v) is 9.43. The van der Waals surface area contributed by atoms with Gasteiger partial charge < -0.3 is 19.7 Å². The highest BCUT2D eigenvalue weighted by Crippen LogP contribution is 2.53. The van der Waals surface area contributed by atoms with Gasteiger partial charge in [0.05, 0.1) is 20.8 Å². The molecule has 1 fully saturated rings. The van der Waals surface area contributed by atoms with E-state index in [-0.39, 0.29) is 11.3 Å². The maximum atomic E-state index is 12.4. The molecule has 1 saturated heterocycles. The molecule has 0 radical (unpaired) electrons. The summed E-state index contributed by atoms with van der Waals surface area (Å²) in [7, 11) is 3.30. The lowest BCUT2D eigenvalue weighted by Gasteiger charge is -2.40. The van der Waals surface area contributed by atoms with Gasteiger partial charge in [-0.15, -0.1) is 0 Å². The van der Waals surface area contributed by atoms with Crippen molar-refractivity contribution < 1.29 is 14.3 Å². The molecule has 146 valence electrons. The molecular weight excluding hydrogens is 352 g/mol. The van der Waals surface area contributed by atoms with E-state index in [0.29, 0.717) is 6.54 Å². The Balaban J connectivity index is 1.84. The Kier molecular flexibility index (Phi) is 4.14. The molecule has 0 aliphatic carbocycles. The van der Waals surface area contributed by atoms with Gasteiger partial charge in [0.1, 0.15) is 17.2 Å². The van der Waals surface area contributed by atoms with Crippen LogP contribution in [0, 0.1) is 6.92 Å². The Morgan fingerprint density at radius 1 is 1.11 bits per heavy atom. The molecule has 2 heterocycles. The Morgan fingerprint density at radius 3 is 2.61 bits per heavy atom. The zero-order valence-corrected chi connectivity index (χ0v) is 17.0. The first-order chi connectivity index (χ1) is 13.3. The predicted molar refractivity (Wildman–Crippen MR) is 111 cm³/mol. The van der Waals surface area contributed by atoms with Gasteiger partial charge >= 0.3 is 0 Å². The van der Waals surface area contributed by atoms with E-state index in [9.17, 15) is 4.79 Å². The van der Waals surface area contributed by atoms with Gasteiger partial charge in [-0.3, -0.25) is 4.79 Å². The Morgan fingerprint density at radius 2 is 1.89 bits per heavy atom. The molecule has 0 bridgehead atoms. The number of amides is 1. The molecule has 0 spiro atoms. The molecule has 1 N–H and O–H groups in total. The third-order valence-corrected chi connectivity index (χ3v) is 6.07. The SMILES string of the molecule is COc1ccc(OC)c(C=C[C@@]23NC(=O)CN2c2ccc(C)cc2C3(C)C)c1. The largest absolute Gasteiger partial charge is 0.497 e. The first-order valence-electron chi connectivity index (χ1n) is 9.43. The number of ether oxygens (including phenoxy) is 2. The van der Waals surface area contributed by atoms with E-state index < -0.39 is 5.66 Å². The van der Waals surface area contributed by atoms with Crippen molar-refractivity contribution in [3.63, 3.8) is 0 Å². The Labute approximate surface area is 165 Å². The second-order valence-electron chi connectivity index (χ2n) is 7.99. The summed E-state index contributed by atoms with van der Waals surface area (Å²) in [4.78, 5) is 14.6. The van der Waals surface area contributed by atoms with Crippen molar-refractivity contribution in [3.05, 3.63) is 59.2 Å². The Bertz CT molecular complexity index is 980. The van der Waals surface area contributed by atoms with Crippen LogP contribution in [-0.2, 0) is 10.2 Å². The van der Waals surface area contributed by atoms with Gasteiger partial charge in [0.2, 0.25) is 5.91 Å². The van der Waals surface area contributed by atoms with Crippen LogP contribution in [0.5, 0.6) is 11.5 Å². The fourth-order valence-electron chi connectivity index (χ4n) is 4.47. The van der Waals surface area contributed by atoms with Crippen LogP contribution < -0.4 is 19.7 Å². The number of methoxy groups -OCH3 is 2. The van der Waals surface area contributed by atoms with Crippen molar-refractivity contribution in [1.82, 2.24) is 5.32 Å². The van der Waals surface area contributed by atoms with Gasteiger partial charge in [0.15, 0.2) is 0 Å². The van der Waals surface area contributed by atoms with Gasteiger partial charge in [-0.25, -0.2) is 0 Å². The smallest absolute Gasteiger partial charge is 0.241 e. The van der Waals surface area contributed by atoms with Crippen molar-refractivity contribution in [2.45, 2.75) is 31.8 Å². The summed E-state index contributed by atoms with van der Waals surface area (Å²) in [5.74, 6) is 1.55. The first kappa shape index (κ1) is 18.4. The Hall–Kier alpha value is -2.95. The fraction of sp³-hybridized carbons (Fsp3) is 0.348. The number of carbonyl (C=O) groups excluding carboxylic acids is 1. The number of carbonyl (C=O) groups is 1. The zero-order chi connectivity index (χ0) is 20.1. The van der Waals surface area contributed by atoms with Gasteiger partial charge in [-0.1, -0.05) is 37.6 Å². The zero-order valence-electron chi connectivity index (χ0n) is 17.0. The number of benzene rings is 2. The standard InChI is InChI=1S/C23H26N2O3/c1-15-6-8-19-18(12-15)22(2,3)23(24-21(26)14-25(19)23)11-10-16-13-17(27-4)7-9-20(16)28-5/h6-13H,14H2,1-5H3,(H,24,26)/t23-/m1/s1. The molecule has 5 heteroatoms. The molecule has 2 aromatic rings. The lowest BCUT2D eigenvalue weighted by Crippen LogP contribution is -2.58. The van der Waals surface area contributed by atoms with Crippen LogP contribution in [0.25, 0.3) is 6.08 Å². The molecule has 28 heavy (non-hydrogen) atoms. The van der Waals surface area contributed by atoms with E-state index in [2.05, 4.69) is 55.3 Å². The molecule has 4 rings (SSSR count). The van der Waals surface area contributed by atoms with E-state index in [1.54, 1.807) is 14.2 Å². The van der Waals surface area contributed by atoms with E-state index in [0.717, 1.165) is 22.7 Å². The number of aryl methyl sites for hydroxylation is 1. The summed E-state index contributed by atoms with van der Waals surface area (Å²) in [6.45, 7) is 6.81. The van der Waals surface area contributed by atoms with E-state index in [1.807, 2.05) is 24.3 Å². The number of rotatable bonds is 4. The molecule has 0 aromatic heterocycles. The number of hydrogen-bond donors (Lipinski definition) is 1. The number of anilines is 1. The third kappa shape index (κ3) is 2.49. The van der Waals surface area contributed by atoms with Crippen LogP contribution in [0.3, 0.4) is 0 Å². The summed E-state index contributed by atoms with van der Waals surface area (Å²) < 4.78 is 10.9. The lowest BCUT2D eigenvalue weighted by molar-refractivity contribution is -0.118. The topological polar surface area (TPSA) is 50.8 Å². The van der Waals surface area contributed by atoms with Crippen molar-refractivity contribution in [1.29, 1.82) is 0 Å². The maximum Gasteiger partial charge on any atom is 0.241 e. The molecule has 2 aliphatic rings. The lowest BCUT2D eigenvalue weighted by atomic mass is 9.75. The second-order valence-corrected chi connectivity index (χ2v) is 7.99. The maximum absolute atomic E-state index is 12.4. The van der Waals surface area contributed by atoms with Gasteiger partial charge in [-0.2, -0.15) is 0 Å². The molecule has 0 unspecified atom stereocenters. The van der Waals surface area contributed by atoms with Gasteiger partial charge in [0.25, 0.3) is 0 Å². The van der Waals surface area contributed by atoms with Crippen molar-refractivity contribution >= 4 is 17.7 Å². The average molecular weight is 378 g/mol. The second kappa shape index (κ2) is 6.30. The molecule has 1 atom stereocenters. The van der Waals surface area contributed by atoms with Crippen molar-refractivity contribution in [2.24, 2.45) is 0 Å². The third-order valence-electron chi connectivity index (χ3n) is 6.07. The van der Waals surface area contributed by atoms with Crippen LogP contribution in [0.15, 0.2) is 42.5 Å². The average Bonchev–Trinajstić information content (AvgIpc) is 3.10. The highest BCUT2D eigenvalue weighted by atomic mass is 16.5. The van der Waals surface area contributed by atoms with Crippen LogP contribution in [0.1, 0.15) is 30.5 Å². The van der Waals surface area contributed by atoms with Crippen LogP contribution in [-0.4, -0.2) is 32.3 Å². The minimum atomic E-state index is -0.631. The summed E-state index contributed by atoms with van der Waals surface area (Å²) in [5, 5.41) is 3.25. The van der Waals surface area contributed by atoms with Gasteiger partial charge in [-0.05, 0) is 42.8 Å². The predicted octanol–water partition coefficient (Wildman–Crippen LogP) is 3.65. The summed E-state index contributed by atoms with van der Waals surface area (Å²) >= 11 is 0. The minimum Gasteiger partial charge on any atom is -0.497 e. The number of nitrogens with one attached hydrogen (secondary N) is 1. The number of hydrogen-bond acceptors (Lipinski definition) is 4. The summed E-state index contributed by atoms with van der Waals surface area (Å²) in [6, 6.07) is 12.1. The monoisotopic (exact) mass is 378 g/mol. The van der Waals surface area contributed by atoms with Gasteiger partial charge in [0, 0.05) is 16.7 Å². The van der Waals surface area contributed by atoms with Crippen molar-refractivity contribution in [2.75, 3.05) is 25.7 Å². The molecule has 5 nitrogen and oxygen atoms in total. The molecular formula is C23H26N2O3. The summed E-state index contributed by atoms with van der Waals surface area (Å²) in [5.41, 5.74) is 3.54. The summed E-state index contributed by atoms with van der Waals surface area (Å²) in [6.07, 6.45) is 4.10. The van der Waals surface area contributed by atoms with E-state index >= 15 is 0 Å². The fourth-order valence-corrected chi connectivity index (χ4v) is 4.47. The van der Waals surface area contributed by atoms with Crippen LogP contribution in [0.4, 0.5) is 5.69 Å². The van der Waals surface area contributed by atoms with Crippen molar-refractivity contribution in [3.8, 4) is 11.5 Å². The molecule has 2 aliphatic heterocycles.